The van der Waals surface area contributed by atoms with Crippen molar-refractivity contribution in [1.29, 1.82) is 0 Å². The Morgan fingerprint density at radius 3 is 2.77 bits per heavy atom. The first-order valence-electron chi connectivity index (χ1n) is 8.88. The van der Waals surface area contributed by atoms with Crippen LogP contribution in [0.1, 0.15) is 12.0 Å². The van der Waals surface area contributed by atoms with Crippen LogP contribution in [0.4, 0.5) is 5.69 Å². The van der Waals surface area contributed by atoms with Gasteiger partial charge in [0, 0.05) is 12.1 Å². The minimum absolute atomic E-state index is 0.0110. The highest BCUT2D eigenvalue weighted by molar-refractivity contribution is 8.15. The predicted molar refractivity (Wildman–Crippen MR) is 114 cm³/mol. The Balaban J connectivity index is 1.53. The Bertz CT molecular complexity index is 994. The van der Waals surface area contributed by atoms with Crippen molar-refractivity contribution in [1.82, 2.24) is 5.32 Å². The summed E-state index contributed by atoms with van der Waals surface area (Å²) in [5, 5.41) is 21.6. The van der Waals surface area contributed by atoms with Gasteiger partial charge in [-0.1, -0.05) is 42.1 Å². The molecule has 1 aliphatic heterocycles. The molecular formula is C20H18N4O5S. The number of amidine groups is 1. The van der Waals surface area contributed by atoms with Gasteiger partial charge in [0.2, 0.25) is 11.8 Å². The number of hydrogen-bond donors (Lipinski definition) is 3. The molecule has 3 N–H and O–H groups in total. The molecular weight excluding hydrogens is 408 g/mol. The highest BCUT2D eigenvalue weighted by Crippen LogP contribution is 2.23. The number of aliphatic carboxylic acids is 1. The molecule has 30 heavy (non-hydrogen) atoms. The first-order chi connectivity index (χ1) is 14.5. The molecule has 3 rings (SSSR count). The van der Waals surface area contributed by atoms with Crippen molar-refractivity contribution in [2.75, 3.05) is 11.9 Å². The summed E-state index contributed by atoms with van der Waals surface area (Å²) in [4.78, 5) is 34.7. The number of rotatable bonds is 8. The van der Waals surface area contributed by atoms with Gasteiger partial charge in [0.25, 0.3) is 0 Å². The zero-order valence-electron chi connectivity index (χ0n) is 15.6. The smallest absolute Gasteiger partial charge is 0.341 e. The molecule has 1 heterocycles. The molecule has 0 aromatic heterocycles. The summed E-state index contributed by atoms with van der Waals surface area (Å²) in [6.45, 7) is -0.440. The van der Waals surface area contributed by atoms with E-state index in [1.54, 1.807) is 36.4 Å². The summed E-state index contributed by atoms with van der Waals surface area (Å²) >= 11 is 1.13. The summed E-state index contributed by atoms with van der Waals surface area (Å²) in [6.07, 6.45) is 1.46. The van der Waals surface area contributed by atoms with Crippen LogP contribution in [0.2, 0.25) is 0 Å². The molecule has 2 aromatic rings. The van der Waals surface area contributed by atoms with E-state index in [0.29, 0.717) is 22.2 Å². The zero-order valence-corrected chi connectivity index (χ0v) is 16.5. The number of carbonyl (C=O) groups excluding carboxylic acids is 2. The summed E-state index contributed by atoms with van der Waals surface area (Å²) < 4.78 is 5.10. The molecule has 0 radical (unpaired) electrons. The van der Waals surface area contributed by atoms with E-state index in [2.05, 4.69) is 20.8 Å². The van der Waals surface area contributed by atoms with Crippen LogP contribution in [0.3, 0.4) is 0 Å². The van der Waals surface area contributed by atoms with Gasteiger partial charge in [0.1, 0.15) is 11.0 Å². The minimum atomic E-state index is -1.07. The molecule has 0 spiro atoms. The summed E-state index contributed by atoms with van der Waals surface area (Å²) in [7, 11) is 0. The van der Waals surface area contributed by atoms with E-state index in [4.69, 9.17) is 9.84 Å². The average Bonchev–Trinajstić information content (AvgIpc) is 3.06. The summed E-state index contributed by atoms with van der Waals surface area (Å²) in [6, 6.07) is 15.7. The number of nitrogens with one attached hydrogen (secondary N) is 2. The van der Waals surface area contributed by atoms with Crippen molar-refractivity contribution >= 4 is 46.6 Å². The van der Waals surface area contributed by atoms with E-state index in [1.165, 1.54) is 6.21 Å². The van der Waals surface area contributed by atoms with E-state index in [9.17, 15) is 14.4 Å². The fourth-order valence-electron chi connectivity index (χ4n) is 2.47. The van der Waals surface area contributed by atoms with Gasteiger partial charge in [-0.15, -0.1) is 5.10 Å². The van der Waals surface area contributed by atoms with Crippen LogP contribution in [-0.2, 0) is 14.4 Å². The van der Waals surface area contributed by atoms with Crippen LogP contribution < -0.4 is 15.4 Å². The molecule has 10 heteroatoms. The molecule has 2 amide bonds. The number of carboxylic acids is 1. The Kier molecular flexibility index (Phi) is 7.17. The maximum atomic E-state index is 12.1. The van der Waals surface area contributed by atoms with Gasteiger partial charge in [-0.3, -0.25) is 9.59 Å². The van der Waals surface area contributed by atoms with Gasteiger partial charge in [0.15, 0.2) is 11.8 Å². The minimum Gasteiger partial charge on any atom is -0.482 e. The monoisotopic (exact) mass is 426 g/mol. The predicted octanol–water partition coefficient (Wildman–Crippen LogP) is 2.10. The lowest BCUT2D eigenvalue weighted by atomic mass is 10.2. The number of anilines is 1. The fourth-order valence-corrected chi connectivity index (χ4v) is 3.39. The summed E-state index contributed by atoms with van der Waals surface area (Å²) in [5.74, 6) is -1.25. The molecule has 1 saturated heterocycles. The maximum Gasteiger partial charge on any atom is 0.341 e. The lowest BCUT2D eigenvalue weighted by molar-refractivity contribution is -0.139. The maximum absolute atomic E-state index is 12.1. The molecule has 2 aromatic carbocycles. The van der Waals surface area contributed by atoms with Crippen molar-refractivity contribution in [3.63, 3.8) is 0 Å². The molecule has 154 valence electrons. The van der Waals surface area contributed by atoms with Crippen LogP contribution in [0.25, 0.3) is 0 Å². The quantitative estimate of drug-likeness (QED) is 0.438. The Morgan fingerprint density at radius 2 is 2.00 bits per heavy atom. The van der Waals surface area contributed by atoms with Crippen molar-refractivity contribution in [3.8, 4) is 5.75 Å². The van der Waals surface area contributed by atoms with Crippen LogP contribution in [0.15, 0.2) is 64.8 Å². The SMILES string of the molecule is O=C(O)COc1cccc(/C=N\N=C2\NC(=O)[C@@H](CC(=O)Nc3ccccc3)S2)c1. The van der Waals surface area contributed by atoms with Crippen molar-refractivity contribution in [3.05, 3.63) is 60.2 Å². The number of carbonyl (C=O) groups is 3. The number of benzene rings is 2. The number of ether oxygens (including phenoxy) is 1. The number of para-hydroxylation sites is 1. The van der Waals surface area contributed by atoms with Gasteiger partial charge in [-0.2, -0.15) is 5.10 Å². The number of nitrogens with zero attached hydrogens (tertiary/aromatic N) is 2. The van der Waals surface area contributed by atoms with E-state index in [-0.39, 0.29) is 18.2 Å². The van der Waals surface area contributed by atoms with E-state index >= 15 is 0 Å². The molecule has 0 aliphatic carbocycles. The Labute approximate surface area is 176 Å². The topological polar surface area (TPSA) is 129 Å². The summed E-state index contributed by atoms with van der Waals surface area (Å²) in [5.41, 5.74) is 1.31. The zero-order chi connectivity index (χ0) is 21.3. The molecule has 1 atom stereocenters. The third-order valence-corrected chi connectivity index (χ3v) is 4.85. The van der Waals surface area contributed by atoms with Crippen LogP contribution in [0.5, 0.6) is 5.75 Å². The van der Waals surface area contributed by atoms with Crippen LogP contribution in [-0.4, -0.2) is 46.1 Å². The lowest BCUT2D eigenvalue weighted by Gasteiger charge is -2.06. The van der Waals surface area contributed by atoms with Gasteiger partial charge in [0.05, 0.1) is 6.21 Å². The van der Waals surface area contributed by atoms with E-state index in [0.717, 1.165) is 11.8 Å². The molecule has 9 nitrogen and oxygen atoms in total. The average molecular weight is 426 g/mol. The largest absolute Gasteiger partial charge is 0.482 e. The Morgan fingerprint density at radius 1 is 1.20 bits per heavy atom. The molecule has 1 aliphatic rings. The van der Waals surface area contributed by atoms with Crippen molar-refractivity contribution < 1.29 is 24.2 Å². The van der Waals surface area contributed by atoms with Gasteiger partial charge in [-0.25, -0.2) is 4.79 Å². The molecule has 1 fully saturated rings. The normalized spacial score (nSPS) is 17.1. The second kappa shape index (κ2) is 10.2. The Hall–Kier alpha value is -3.66. The molecule has 0 unspecified atom stereocenters. The fraction of sp³-hybridized carbons (Fsp3) is 0.150. The van der Waals surface area contributed by atoms with Crippen molar-refractivity contribution in [2.45, 2.75) is 11.7 Å². The van der Waals surface area contributed by atoms with E-state index < -0.39 is 17.8 Å². The number of carboxylic acid groups (broad SMARTS) is 1. The molecule has 0 bridgehead atoms. The number of thioether (sulfide) groups is 1. The second-order valence-electron chi connectivity index (χ2n) is 6.12. The van der Waals surface area contributed by atoms with Crippen LogP contribution >= 0.6 is 11.8 Å². The van der Waals surface area contributed by atoms with Crippen molar-refractivity contribution in [2.24, 2.45) is 10.2 Å². The van der Waals surface area contributed by atoms with Gasteiger partial charge < -0.3 is 20.5 Å². The number of hydrogen-bond acceptors (Lipinski definition) is 7. The van der Waals surface area contributed by atoms with Gasteiger partial charge in [-0.05, 0) is 29.8 Å². The third kappa shape index (κ3) is 6.45. The van der Waals surface area contributed by atoms with Gasteiger partial charge >= 0.3 is 5.97 Å². The lowest BCUT2D eigenvalue weighted by Crippen LogP contribution is -2.28. The first kappa shape index (κ1) is 21.1. The highest BCUT2D eigenvalue weighted by Gasteiger charge is 2.32. The standard InChI is InChI=1S/C20H18N4O5S/c25-17(22-14-6-2-1-3-7-14)10-16-19(28)23-20(30-16)24-21-11-13-5-4-8-15(9-13)29-12-18(26)27/h1-9,11,16H,10,12H2,(H,22,25)(H,26,27)(H,23,24,28)/b21-11-/t16-/m1/s1. The first-order valence-corrected chi connectivity index (χ1v) is 9.75. The second-order valence-corrected chi connectivity index (χ2v) is 7.31. The van der Waals surface area contributed by atoms with E-state index in [1.807, 2.05) is 18.2 Å². The third-order valence-electron chi connectivity index (χ3n) is 3.78. The number of amides is 2. The van der Waals surface area contributed by atoms with Crippen LogP contribution in [0, 0.1) is 0 Å². The molecule has 0 saturated carbocycles. The highest BCUT2D eigenvalue weighted by atomic mass is 32.2.